The maximum Gasteiger partial charge on any atom is 0.274 e. The first-order chi connectivity index (χ1) is 10.0. The number of phenols is 1. The predicted molar refractivity (Wildman–Crippen MR) is 82.9 cm³/mol. The highest BCUT2D eigenvalue weighted by Gasteiger charge is 2.12. The first-order valence-electron chi connectivity index (χ1n) is 6.50. The first kappa shape index (κ1) is 15.1. The molecule has 0 aliphatic heterocycles. The third-order valence-electron chi connectivity index (χ3n) is 3.17. The van der Waals surface area contributed by atoms with Crippen molar-refractivity contribution in [1.82, 2.24) is 0 Å². The van der Waals surface area contributed by atoms with Crippen molar-refractivity contribution >= 4 is 23.0 Å². The van der Waals surface area contributed by atoms with Crippen LogP contribution in [0, 0.1) is 10.1 Å². The maximum atomic E-state index is 11.0. The van der Waals surface area contributed by atoms with Crippen molar-refractivity contribution in [2.75, 3.05) is 5.32 Å². The molecule has 2 rings (SSSR count). The molecule has 0 heterocycles. The Kier molecular flexibility index (Phi) is 4.65. The molecule has 0 spiro atoms. The third-order valence-corrected chi connectivity index (χ3v) is 3.47. The number of nitrogens with one attached hydrogen (secondary N) is 1. The molecule has 0 bridgehead atoms. The monoisotopic (exact) mass is 306 g/mol. The molecule has 0 fully saturated rings. The molecule has 110 valence electrons. The number of phenolic OH excluding ortho intramolecular Hbond substituents is 1. The minimum absolute atomic E-state index is 0.0309. The smallest absolute Gasteiger partial charge is 0.274 e. The Morgan fingerprint density at radius 2 is 2.05 bits per heavy atom. The SMILES string of the molecule is CCc1ccc(NCc2ccc(O)c(Cl)c2)cc1[N+](=O)[O-]. The van der Waals surface area contributed by atoms with E-state index < -0.39 is 0 Å². The van der Waals surface area contributed by atoms with Crippen LogP contribution in [0.25, 0.3) is 0 Å². The van der Waals surface area contributed by atoms with Crippen molar-refractivity contribution in [3.63, 3.8) is 0 Å². The van der Waals surface area contributed by atoms with Crippen molar-refractivity contribution in [2.45, 2.75) is 19.9 Å². The molecule has 21 heavy (non-hydrogen) atoms. The van der Waals surface area contributed by atoms with E-state index in [1.807, 2.05) is 13.0 Å². The second-order valence-corrected chi connectivity index (χ2v) is 5.00. The van der Waals surface area contributed by atoms with E-state index in [1.165, 1.54) is 12.1 Å². The summed E-state index contributed by atoms with van der Waals surface area (Å²) in [5, 5.41) is 23.8. The molecule has 0 radical (unpaired) electrons. The first-order valence-corrected chi connectivity index (χ1v) is 6.87. The lowest BCUT2D eigenvalue weighted by molar-refractivity contribution is -0.385. The van der Waals surface area contributed by atoms with Crippen molar-refractivity contribution in [3.05, 3.63) is 62.7 Å². The van der Waals surface area contributed by atoms with Gasteiger partial charge in [-0.2, -0.15) is 0 Å². The van der Waals surface area contributed by atoms with Crippen LogP contribution in [-0.2, 0) is 13.0 Å². The van der Waals surface area contributed by atoms with Crippen LogP contribution in [0.15, 0.2) is 36.4 Å². The van der Waals surface area contributed by atoms with Crippen LogP contribution in [0.4, 0.5) is 11.4 Å². The zero-order valence-corrected chi connectivity index (χ0v) is 12.2. The number of nitro groups is 1. The standard InChI is InChI=1S/C15H15ClN2O3/c1-2-11-4-5-12(8-14(11)18(20)21)17-9-10-3-6-15(19)13(16)7-10/h3-8,17,19H,2,9H2,1H3. The molecule has 0 amide bonds. The van der Waals surface area contributed by atoms with Crippen LogP contribution >= 0.6 is 11.6 Å². The van der Waals surface area contributed by atoms with Crippen LogP contribution in [0.3, 0.4) is 0 Å². The molecule has 0 atom stereocenters. The Balaban J connectivity index is 2.14. The highest BCUT2D eigenvalue weighted by molar-refractivity contribution is 6.32. The van der Waals surface area contributed by atoms with Crippen LogP contribution in [-0.4, -0.2) is 10.0 Å². The normalized spacial score (nSPS) is 10.4. The van der Waals surface area contributed by atoms with Crippen molar-refractivity contribution < 1.29 is 10.0 Å². The van der Waals surface area contributed by atoms with Crippen LogP contribution in [0.5, 0.6) is 5.75 Å². The summed E-state index contributed by atoms with van der Waals surface area (Å²) in [7, 11) is 0. The molecule has 6 heteroatoms. The van der Waals surface area contributed by atoms with Crippen LogP contribution in [0.1, 0.15) is 18.1 Å². The maximum absolute atomic E-state index is 11.0. The zero-order valence-electron chi connectivity index (χ0n) is 11.5. The quantitative estimate of drug-likeness (QED) is 0.643. The summed E-state index contributed by atoms with van der Waals surface area (Å²) in [4.78, 5) is 10.6. The Labute approximate surface area is 127 Å². The van der Waals surface area contributed by atoms with E-state index in [2.05, 4.69) is 5.32 Å². The molecule has 2 aromatic rings. The van der Waals surface area contributed by atoms with Gasteiger partial charge in [0.25, 0.3) is 5.69 Å². The van der Waals surface area contributed by atoms with Gasteiger partial charge in [0.05, 0.1) is 9.95 Å². The van der Waals surface area contributed by atoms with Gasteiger partial charge in [-0.25, -0.2) is 0 Å². The molecule has 2 N–H and O–H groups in total. The fourth-order valence-electron chi connectivity index (χ4n) is 2.01. The lowest BCUT2D eigenvalue weighted by atomic mass is 10.1. The minimum Gasteiger partial charge on any atom is -0.506 e. The van der Waals surface area contributed by atoms with Crippen LogP contribution < -0.4 is 5.32 Å². The Hall–Kier alpha value is -2.27. The molecule has 0 unspecified atom stereocenters. The number of hydrogen-bond acceptors (Lipinski definition) is 4. The van der Waals surface area contributed by atoms with Crippen LogP contribution in [0.2, 0.25) is 5.02 Å². The lowest BCUT2D eigenvalue weighted by Crippen LogP contribution is -2.01. The molecule has 0 saturated carbocycles. The summed E-state index contributed by atoms with van der Waals surface area (Å²) < 4.78 is 0. The Bertz CT molecular complexity index is 674. The topological polar surface area (TPSA) is 75.4 Å². The fourth-order valence-corrected chi connectivity index (χ4v) is 2.21. The lowest BCUT2D eigenvalue weighted by Gasteiger charge is -2.09. The fraction of sp³-hybridized carbons (Fsp3) is 0.200. The average Bonchev–Trinajstić information content (AvgIpc) is 2.48. The number of halogens is 1. The number of nitro benzene ring substituents is 1. The molecule has 0 aliphatic carbocycles. The molecule has 5 nitrogen and oxygen atoms in total. The largest absolute Gasteiger partial charge is 0.506 e. The summed E-state index contributed by atoms with van der Waals surface area (Å²) >= 11 is 5.83. The van der Waals surface area contributed by atoms with Gasteiger partial charge in [-0.05, 0) is 30.2 Å². The molecular weight excluding hydrogens is 292 g/mol. The zero-order chi connectivity index (χ0) is 15.4. The molecule has 0 aliphatic rings. The summed E-state index contributed by atoms with van der Waals surface area (Å²) in [6.07, 6.45) is 0.615. The number of aromatic hydroxyl groups is 1. The number of aryl methyl sites for hydroxylation is 1. The van der Waals surface area contributed by atoms with Gasteiger partial charge in [0.2, 0.25) is 0 Å². The molecular formula is C15H15ClN2O3. The van der Waals surface area contributed by atoms with E-state index in [1.54, 1.807) is 18.2 Å². The van der Waals surface area contributed by atoms with Gasteiger partial charge in [0.1, 0.15) is 5.75 Å². The van der Waals surface area contributed by atoms with Gasteiger partial charge in [-0.15, -0.1) is 0 Å². The number of rotatable bonds is 5. The van der Waals surface area contributed by atoms with Gasteiger partial charge in [-0.1, -0.05) is 30.7 Å². The van der Waals surface area contributed by atoms with E-state index in [0.29, 0.717) is 24.2 Å². The van der Waals surface area contributed by atoms with Gasteiger partial charge in [0, 0.05) is 23.9 Å². The third kappa shape index (κ3) is 3.64. The van der Waals surface area contributed by atoms with Crippen molar-refractivity contribution in [1.29, 1.82) is 0 Å². The summed E-state index contributed by atoms with van der Waals surface area (Å²) in [6, 6.07) is 10.0. The van der Waals surface area contributed by atoms with E-state index in [4.69, 9.17) is 11.6 Å². The van der Waals surface area contributed by atoms with Gasteiger partial charge in [0.15, 0.2) is 0 Å². The van der Waals surface area contributed by atoms with Gasteiger partial charge in [-0.3, -0.25) is 10.1 Å². The Morgan fingerprint density at radius 1 is 1.29 bits per heavy atom. The predicted octanol–water partition coefficient (Wildman–Crippen LogP) is 4.13. The number of nitrogens with zero attached hydrogens (tertiary/aromatic N) is 1. The van der Waals surface area contributed by atoms with Crippen molar-refractivity contribution in [2.24, 2.45) is 0 Å². The van der Waals surface area contributed by atoms with Gasteiger partial charge >= 0.3 is 0 Å². The van der Waals surface area contributed by atoms with E-state index >= 15 is 0 Å². The number of benzene rings is 2. The number of hydrogen-bond donors (Lipinski definition) is 2. The second-order valence-electron chi connectivity index (χ2n) is 4.59. The average molecular weight is 307 g/mol. The second kappa shape index (κ2) is 6.45. The highest BCUT2D eigenvalue weighted by Crippen LogP contribution is 2.26. The van der Waals surface area contributed by atoms with E-state index in [-0.39, 0.29) is 21.4 Å². The molecule has 0 aromatic heterocycles. The summed E-state index contributed by atoms with van der Waals surface area (Å²) in [5.41, 5.74) is 2.37. The van der Waals surface area contributed by atoms with Crippen molar-refractivity contribution in [3.8, 4) is 5.75 Å². The summed E-state index contributed by atoms with van der Waals surface area (Å²) in [5.74, 6) is 0.0309. The molecule has 2 aromatic carbocycles. The van der Waals surface area contributed by atoms with E-state index in [0.717, 1.165) is 5.56 Å². The summed E-state index contributed by atoms with van der Waals surface area (Å²) in [6.45, 7) is 2.34. The number of anilines is 1. The molecule has 0 saturated heterocycles. The van der Waals surface area contributed by atoms with Gasteiger partial charge < -0.3 is 10.4 Å². The van der Waals surface area contributed by atoms with E-state index in [9.17, 15) is 15.2 Å². The highest BCUT2D eigenvalue weighted by atomic mass is 35.5. The Morgan fingerprint density at radius 3 is 2.67 bits per heavy atom. The minimum atomic E-state index is -0.374.